The first-order chi connectivity index (χ1) is 7.26. The van der Waals surface area contributed by atoms with Gasteiger partial charge in [0.25, 0.3) is 0 Å². The van der Waals surface area contributed by atoms with Crippen LogP contribution < -0.4 is 0 Å². The Morgan fingerprint density at radius 2 is 2.27 bits per heavy atom. The lowest BCUT2D eigenvalue weighted by atomic mass is 9.97. The van der Waals surface area contributed by atoms with Crippen LogP contribution in [0, 0.1) is 0 Å². The first kappa shape index (κ1) is 12.9. The van der Waals surface area contributed by atoms with Crippen molar-refractivity contribution < 1.29 is 19.7 Å². The van der Waals surface area contributed by atoms with E-state index in [1.54, 1.807) is 0 Å². The predicted octanol–water partition coefficient (Wildman–Crippen LogP) is 1.05. The highest BCUT2D eigenvalue weighted by Gasteiger charge is 2.37. The fourth-order valence-corrected chi connectivity index (χ4v) is 2.12. The fourth-order valence-electron chi connectivity index (χ4n) is 2.12. The number of hydrogen-bond donors (Lipinski definition) is 2. The van der Waals surface area contributed by atoms with Gasteiger partial charge in [0.05, 0.1) is 25.9 Å². The highest BCUT2D eigenvalue weighted by molar-refractivity contribution is 4.78. The Labute approximate surface area is 91.2 Å². The van der Waals surface area contributed by atoms with Crippen molar-refractivity contribution in [1.29, 1.82) is 0 Å². The Balaban J connectivity index is 2.53. The van der Waals surface area contributed by atoms with Gasteiger partial charge in [0, 0.05) is 12.8 Å². The van der Waals surface area contributed by atoms with Crippen molar-refractivity contribution in [3.63, 3.8) is 0 Å². The van der Waals surface area contributed by atoms with E-state index in [2.05, 4.69) is 6.92 Å². The van der Waals surface area contributed by atoms with Crippen LogP contribution >= 0.6 is 0 Å². The Morgan fingerprint density at radius 1 is 1.47 bits per heavy atom. The van der Waals surface area contributed by atoms with E-state index >= 15 is 0 Å². The molecule has 0 spiro atoms. The molecule has 0 aromatic heterocycles. The standard InChI is InChI=1S/C11H22O4/c1-2-5-11(14-8-7-12)6-3-4-10(9-13)15-11/h10,12-13H,2-9H2,1H3/t10?,11-/m1/s1. The largest absolute Gasteiger partial charge is 0.394 e. The van der Waals surface area contributed by atoms with E-state index in [9.17, 15) is 0 Å². The van der Waals surface area contributed by atoms with E-state index < -0.39 is 5.79 Å². The lowest BCUT2D eigenvalue weighted by Crippen LogP contribution is -2.44. The number of ether oxygens (including phenoxy) is 2. The van der Waals surface area contributed by atoms with Crippen LogP contribution in [0.5, 0.6) is 0 Å². The molecule has 2 atom stereocenters. The summed E-state index contributed by atoms with van der Waals surface area (Å²) in [4.78, 5) is 0. The van der Waals surface area contributed by atoms with E-state index in [0.29, 0.717) is 6.61 Å². The molecule has 90 valence electrons. The zero-order chi connectivity index (χ0) is 11.1. The van der Waals surface area contributed by atoms with Crippen LogP contribution in [0.2, 0.25) is 0 Å². The summed E-state index contributed by atoms with van der Waals surface area (Å²) in [5.41, 5.74) is 0. The van der Waals surface area contributed by atoms with E-state index in [0.717, 1.165) is 32.1 Å². The summed E-state index contributed by atoms with van der Waals surface area (Å²) in [6.45, 7) is 2.45. The molecule has 4 heteroatoms. The Kier molecular flexibility index (Phi) is 5.53. The molecule has 2 N–H and O–H groups in total. The van der Waals surface area contributed by atoms with Gasteiger partial charge in [0.15, 0.2) is 5.79 Å². The van der Waals surface area contributed by atoms with Crippen LogP contribution in [0.1, 0.15) is 39.0 Å². The van der Waals surface area contributed by atoms with Gasteiger partial charge in [-0.2, -0.15) is 0 Å². The average Bonchev–Trinajstić information content (AvgIpc) is 2.27. The SMILES string of the molecule is CCC[C@]1(OCCO)CCCC(CO)O1. The van der Waals surface area contributed by atoms with Crippen molar-refractivity contribution in [2.45, 2.75) is 50.9 Å². The summed E-state index contributed by atoms with van der Waals surface area (Å²) in [5.74, 6) is -0.566. The second-order valence-electron chi connectivity index (χ2n) is 4.05. The van der Waals surface area contributed by atoms with Gasteiger partial charge >= 0.3 is 0 Å². The normalized spacial score (nSPS) is 31.8. The second kappa shape index (κ2) is 6.43. The van der Waals surface area contributed by atoms with Crippen LogP contribution in [0.25, 0.3) is 0 Å². The minimum absolute atomic E-state index is 0.0125. The van der Waals surface area contributed by atoms with Crippen LogP contribution in [-0.2, 0) is 9.47 Å². The summed E-state index contributed by atoms with van der Waals surface area (Å²) in [7, 11) is 0. The number of hydrogen-bond acceptors (Lipinski definition) is 4. The maximum Gasteiger partial charge on any atom is 0.168 e. The molecule has 0 aromatic carbocycles. The third-order valence-corrected chi connectivity index (χ3v) is 2.76. The molecule has 1 aliphatic heterocycles. The molecule has 1 fully saturated rings. The van der Waals surface area contributed by atoms with Gasteiger partial charge in [-0.25, -0.2) is 0 Å². The molecule has 15 heavy (non-hydrogen) atoms. The van der Waals surface area contributed by atoms with Gasteiger partial charge in [-0.3, -0.25) is 0 Å². The highest BCUT2D eigenvalue weighted by Crippen LogP contribution is 2.33. The van der Waals surface area contributed by atoms with E-state index in [1.807, 2.05) is 0 Å². The first-order valence-corrected chi connectivity index (χ1v) is 5.80. The van der Waals surface area contributed by atoms with Gasteiger partial charge < -0.3 is 19.7 Å². The molecule has 1 heterocycles. The first-order valence-electron chi connectivity index (χ1n) is 5.80. The lowest BCUT2D eigenvalue weighted by molar-refractivity contribution is -0.289. The molecule has 4 nitrogen and oxygen atoms in total. The molecule has 0 aromatic rings. The smallest absolute Gasteiger partial charge is 0.168 e. The molecule has 1 aliphatic rings. The molecule has 0 radical (unpaired) electrons. The zero-order valence-electron chi connectivity index (χ0n) is 9.45. The number of aliphatic hydroxyl groups excluding tert-OH is 2. The Bertz CT molecular complexity index is 170. The van der Waals surface area contributed by atoms with E-state index in [4.69, 9.17) is 19.7 Å². The monoisotopic (exact) mass is 218 g/mol. The minimum Gasteiger partial charge on any atom is -0.394 e. The highest BCUT2D eigenvalue weighted by atomic mass is 16.7. The van der Waals surface area contributed by atoms with Crippen LogP contribution in [0.3, 0.4) is 0 Å². The molecule has 1 saturated heterocycles. The summed E-state index contributed by atoms with van der Waals surface area (Å²) in [5, 5.41) is 17.9. The molecule has 1 unspecified atom stereocenters. The zero-order valence-corrected chi connectivity index (χ0v) is 9.45. The summed E-state index contributed by atoms with van der Waals surface area (Å²) in [6.07, 6.45) is 4.45. The predicted molar refractivity (Wildman–Crippen MR) is 56.5 cm³/mol. The minimum atomic E-state index is -0.566. The van der Waals surface area contributed by atoms with Crippen molar-refractivity contribution in [2.24, 2.45) is 0 Å². The van der Waals surface area contributed by atoms with Crippen LogP contribution in [-0.4, -0.2) is 41.9 Å². The molecular weight excluding hydrogens is 196 g/mol. The number of rotatable bonds is 6. The Morgan fingerprint density at radius 3 is 2.87 bits per heavy atom. The summed E-state index contributed by atoms with van der Waals surface area (Å²) < 4.78 is 11.4. The fraction of sp³-hybridized carbons (Fsp3) is 1.00. The van der Waals surface area contributed by atoms with E-state index in [1.165, 1.54) is 0 Å². The second-order valence-corrected chi connectivity index (χ2v) is 4.05. The topological polar surface area (TPSA) is 58.9 Å². The van der Waals surface area contributed by atoms with Crippen molar-refractivity contribution in [3.8, 4) is 0 Å². The van der Waals surface area contributed by atoms with E-state index in [-0.39, 0.29) is 19.3 Å². The summed E-state index contributed by atoms with van der Waals surface area (Å²) >= 11 is 0. The summed E-state index contributed by atoms with van der Waals surface area (Å²) in [6, 6.07) is 0. The molecule has 0 aliphatic carbocycles. The van der Waals surface area contributed by atoms with Gasteiger partial charge in [-0.1, -0.05) is 13.3 Å². The average molecular weight is 218 g/mol. The Hall–Kier alpha value is -0.160. The third-order valence-electron chi connectivity index (χ3n) is 2.76. The van der Waals surface area contributed by atoms with Gasteiger partial charge in [-0.15, -0.1) is 0 Å². The quantitative estimate of drug-likeness (QED) is 0.699. The molecule has 0 bridgehead atoms. The molecule has 0 amide bonds. The maximum atomic E-state index is 9.09. The van der Waals surface area contributed by atoms with Gasteiger partial charge in [0.2, 0.25) is 0 Å². The van der Waals surface area contributed by atoms with Crippen molar-refractivity contribution in [2.75, 3.05) is 19.8 Å². The maximum absolute atomic E-state index is 9.09. The number of aliphatic hydroxyl groups is 2. The van der Waals surface area contributed by atoms with Crippen molar-refractivity contribution >= 4 is 0 Å². The molecule has 0 saturated carbocycles. The van der Waals surface area contributed by atoms with Crippen molar-refractivity contribution in [1.82, 2.24) is 0 Å². The lowest BCUT2D eigenvalue weighted by Gasteiger charge is -2.40. The van der Waals surface area contributed by atoms with Crippen LogP contribution in [0.15, 0.2) is 0 Å². The molecule has 1 rings (SSSR count). The third kappa shape index (κ3) is 3.72. The molecular formula is C11H22O4. The van der Waals surface area contributed by atoms with Crippen LogP contribution in [0.4, 0.5) is 0 Å². The van der Waals surface area contributed by atoms with Gasteiger partial charge in [-0.05, 0) is 12.8 Å². The van der Waals surface area contributed by atoms with Gasteiger partial charge in [0.1, 0.15) is 0 Å². The van der Waals surface area contributed by atoms with Crippen molar-refractivity contribution in [3.05, 3.63) is 0 Å².